The standard InChI is InChI=1S/C21H27NO5/c1-7-10-17-16(9-3)20(24)22(21(17)25)18(11-12-23)15(8-2)13-19(27-6)14(4)26-5/h7-10,13,18,23H,1-2,11-12H2,3-6H3/b15-13+,16-9+,17-10+,19-14-. The Labute approximate surface area is 160 Å². The molecule has 0 aromatic rings. The molecule has 0 radical (unpaired) electrons. The smallest absolute Gasteiger partial charge is 0.262 e. The number of aliphatic hydroxyl groups excluding tert-OH is 1. The minimum Gasteiger partial charge on any atom is -0.498 e. The monoisotopic (exact) mass is 373 g/mol. The highest BCUT2D eigenvalue weighted by molar-refractivity contribution is 6.25. The van der Waals surface area contributed by atoms with Gasteiger partial charge in [0.2, 0.25) is 0 Å². The summed E-state index contributed by atoms with van der Waals surface area (Å²) < 4.78 is 10.5. The van der Waals surface area contributed by atoms with Crippen molar-refractivity contribution in [2.75, 3.05) is 20.8 Å². The number of rotatable bonds is 9. The number of aliphatic hydroxyl groups is 1. The minimum absolute atomic E-state index is 0.163. The Kier molecular flexibility index (Phi) is 8.48. The molecule has 0 bridgehead atoms. The normalized spacial score (nSPS) is 20.0. The molecule has 1 N–H and O–H groups in total. The number of methoxy groups -OCH3 is 2. The van der Waals surface area contributed by atoms with Crippen LogP contribution in [-0.4, -0.2) is 48.7 Å². The molecule has 2 amide bonds. The van der Waals surface area contributed by atoms with E-state index in [0.29, 0.717) is 22.7 Å². The first-order chi connectivity index (χ1) is 12.9. The van der Waals surface area contributed by atoms with Crippen molar-refractivity contribution in [3.05, 3.63) is 71.8 Å². The summed E-state index contributed by atoms with van der Waals surface area (Å²) >= 11 is 0. The Morgan fingerprint density at radius 1 is 1.19 bits per heavy atom. The number of ether oxygens (including phenoxy) is 2. The van der Waals surface area contributed by atoms with Crippen LogP contribution in [0.15, 0.2) is 71.8 Å². The third-order valence-electron chi connectivity index (χ3n) is 4.27. The van der Waals surface area contributed by atoms with E-state index in [1.54, 1.807) is 26.0 Å². The topological polar surface area (TPSA) is 76.1 Å². The van der Waals surface area contributed by atoms with Gasteiger partial charge in [-0.3, -0.25) is 14.5 Å². The Morgan fingerprint density at radius 2 is 1.81 bits per heavy atom. The third-order valence-corrected chi connectivity index (χ3v) is 4.27. The van der Waals surface area contributed by atoms with E-state index < -0.39 is 17.9 Å². The molecule has 1 unspecified atom stereocenters. The van der Waals surface area contributed by atoms with Gasteiger partial charge in [0.25, 0.3) is 11.8 Å². The number of carbonyl (C=O) groups is 2. The molecule has 27 heavy (non-hydrogen) atoms. The van der Waals surface area contributed by atoms with Gasteiger partial charge in [-0.25, -0.2) is 0 Å². The summed E-state index contributed by atoms with van der Waals surface area (Å²) in [5.41, 5.74) is 1.13. The van der Waals surface area contributed by atoms with Crippen LogP contribution >= 0.6 is 0 Å². The van der Waals surface area contributed by atoms with Gasteiger partial charge in [0.15, 0.2) is 5.76 Å². The van der Waals surface area contributed by atoms with Gasteiger partial charge in [0.1, 0.15) is 5.76 Å². The van der Waals surface area contributed by atoms with E-state index in [9.17, 15) is 14.7 Å². The van der Waals surface area contributed by atoms with Crippen LogP contribution in [0.25, 0.3) is 0 Å². The number of hydrogen-bond acceptors (Lipinski definition) is 5. The van der Waals surface area contributed by atoms with Gasteiger partial charge in [-0.15, -0.1) is 0 Å². The lowest BCUT2D eigenvalue weighted by molar-refractivity contribution is -0.138. The van der Waals surface area contributed by atoms with E-state index in [0.717, 1.165) is 4.90 Å². The third kappa shape index (κ3) is 4.65. The molecular formula is C21H27NO5. The molecule has 6 nitrogen and oxygen atoms in total. The number of allylic oxidation sites excluding steroid dienone is 5. The molecule has 146 valence electrons. The van der Waals surface area contributed by atoms with Crippen LogP contribution in [0.1, 0.15) is 20.3 Å². The molecule has 1 aliphatic rings. The Bertz CT molecular complexity index is 740. The number of amides is 2. The van der Waals surface area contributed by atoms with E-state index in [1.165, 1.54) is 32.4 Å². The van der Waals surface area contributed by atoms with Gasteiger partial charge in [-0.05, 0) is 38.0 Å². The fourth-order valence-electron chi connectivity index (χ4n) is 2.84. The molecule has 0 aromatic carbocycles. The lowest BCUT2D eigenvalue weighted by atomic mass is 10.0. The maximum absolute atomic E-state index is 12.9. The van der Waals surface area contributed by atoms with Crippen molar-refractivity contribution in [3.8, 4) is 0 Å². The van der Waals surface area contributed by atoms with E-state index in [4.69, 9.17) is 9.47 Å². The van der Waals surface area contributed by atoms with Crippen molar-refractivity contribution in [2.45, 2.75) is 26.3 Å². The highest BCUT2D eigenvalue weighted by Crippen LogP contribution is 2.31. The average Bonchev–Trinajstić information content (AvgIpc) is 2.90. The van der Waals surface area contributed by atoms with E-state index in [-0.39, 0.29) is 18.6 Å². The van der Waals surface area contributed by atoms with Crippen LogP contribution < -0.4 is 0 Å². The van der Waals surface area contributed by atoms with Crippen LogP contribution in [0.3, 0.4) is 0 Å². The maximum Gasteiger partial charge on any atom is 0.262 e. The lowest BCUT2D eigenvalue weighted by Crippen LogP contribution is -2.41. The van der Waals surface area contributed by atoms with Crippen LogP contribution in [0.5, 0.6) is 0 Å². The number of carbonyl (C=O) groups excluding carboxylic acids is 2. The molecule has 1 aliphatic heterocycles. The molecule has 0 aromatic heterocycles. The molecule has 0 saturated carbocycles. The van der Waals surface area contributed by atoms with Gasteiger partial charge in [0, 0.05) is 12.2 Å². The Hall–Kier alpha value is -2.86. The predicted molar refractivity (Wildman–Crippen MR) is 104 cm³/mol. The highest BCUT2D eigenvalue weighted by Gasteiger charge is 2.42. The number of imide groups is 1. The number of hydrogen-bond donors (Lipinski definition) is 1. The lowest BCUT2D eigenvalue weighted by Gasteiger charge is -2.26. The van der Waals surface area contributed by atoms with Crippen molar-refractivity contribution >= 4 is 11.8 Å². The Morgan fingerprint density at radius 3 is 2.26 bits per heavy atom. The zero-order valence-corrected chi connectivity index (χ0v) is 16.3. The summed E-state index contributed by atoms with van der Waals surface area (Å²) in [6.45, 7) is 10.6. The quantitative estimate of drug-likeness (QED) is 0.291. The number of likely N-dealkylation sites (tertiary alicyclic amines) is 1. The predicted octanol–water partition coefficient (Wildman–Crippen LogP) is 2.80. The summed E-state index contributed by atoms with van der Waals surface area (Å²) in [6, 6.07) is -0.701. The van der Waals surface area contributed by atoms with Crippen molar-refractivity contribution in [2.24, 2.45) is 0 Å². The molecule has 0 spiro atoms. The molecule has 1 saturated heterocycles. The van der Waals surface area contributed by atoms with Crippen LogP contribution in [-0.2, 0) is 19.1 Å². The summed E-state index contributed by atoms with van der Waals surface area (Å²) in [6.07, 6.45) is 7.92. The van der Waals surface area contributed by atoms with Crippen LogP contribution in [0.2, 0.25) is 0 Å². The first-order valence-electron chi connectivity index (χ1n) is 8.52. The SMILES string of the molecule is C=C/C=C1/C(=O)N(C(CCO)/C(C=C)=C/C(OC)=C(\C)OC)C(=O)/C1=C/C. The van der Waals surface area contributed by atoms with Crippen LogP contribution in [0, 0.1) is 0 Å². The maximum atomic E-state index is 12.9. The van der Waals surface area contributed by atoms with Crippen LogP contribution in [0.4, 0.5) is 0 Å². The Balaban J connectivity index is 3.53. The van der Waals surface area contributed by atoms with E-state index in [1.807, 2.05) is 0 Å². The summed E-state index contributed by atoms with van der Waals surface area (Å²) in [7, 11) is 3.00. The highest BCUT2D eigenvalue weighted by atomic mass is 16.5. The van der Waals surface area contributed by atoms with E-state index >= 15 is 0 Å². The summed E-state index contributed by atoms with van der Waals surface area (Å²) in [5.74, 6) is 0.0985. The second-order valence-corrected chi connectivity index (χ2v) is 5.70. The molecule has 1 heterocycles. The van der Waals surface area contributed by atoms with Gasteiger partial charge < -0.3 is 14.6 Å². The van der Waals surface area contributed by atoms with Gasteiger partial charge >= 0.3 is 0 Å². The molecule has 1 fully saturated rings. The average molecular weight is 373 g/mol. The molecule has 1 rings (SSSR count). The summed E-state index contributed by atoms with van der Waals surface area (Å²) in [4.78, 5) is 26.9. The number of nitrogens with zero attached hydrogens (tertiary/aromatic N) is 1. The molecule has 6 heteroatoms. The van der Waals surface area contributed by atoms with Crippen molar-refractivity contribution in [3.63, 3.8) is 0 Å². The van der Waals surface area contributed by atoms with Gasteiger partial charge in [0.05, 0.1) is 25.8 Å². The fourth-order valence-corrected chi connectivity index (χ4v) is 2.84. The molecular weight excluding hydrogens is 346 g/mol. The fraction of sp³-hybridized carbons (Fsp3) is 0.333. The molecule has 1 atom stereocenters. The largest absolute Gasteiger partial charge is 0.498 e. The second-order valence-electron chi connectivity index (χ2n) is 5.70. The van der Waals surface area contributed by atoms with Crippen molar-refractivity contribution in [1.82, 2.24) is 4.90 Å². The first-order valence-corrected chi connectivity index (χ1v) is 8.52. The first kappa shape index (κ1) is 22.2. The van der Waals surface area contributed by atoms with Crippen molar-refractivity contribution < 1.29 is 24.2 Å². The molecule has 0 aliphatic carbocycles. The minimum atomic E-state index is -0.701. The van der Waals surface area contributed by atoms with E-state index in [2.05, 4.69) is 13.2 Å². The van der Waals surface area contributed by atoms with Crippen molar-refractivity contribution in [1.29, 1.82) is 0 Å². The zero-order valence-electron chi connectivity index (χ0n) is 16.3. The second kappa shape index (κ2) is 10.3. The summed E-state index contributed by atoms with van der Waals surface area (Å²) in [5, 5.41) is 9.53. The van der Waals surface area contributed by atoms with Gasteiger partial charge in [-0.2, -0.15) is 0 Å². The zero-order chi connectivity index (χ0) is 20.6. The van der Waals surface area contributed by atoms with Gasteiger partial charge in [-0.1, -0.05) is 31.4 Å².